The molecule has 0 spiro atoms. The van der Waals surface area contributed by atoms with E-state index < -0.39 is 38.6 Å². The molecule has 0 aliphatic carbocycles. The third-order valence-corrected chi connectivity index (χ3v) is 3.04. The summed E-state index contributed by atoms with van der Waals surface area (Å²) >= 11 is 0. The summed E-state index contributed by atoms with van der Waals surface area (Å²) in [5.41, 5.74) is -4.64. The quantitative estimate of drug-likeness (QED) is 0.639. The molecule has 0 unspecified atom stereocenters. The molecule has 0 radical (unpaired) electrons. The van der Waals surface area contributed by atoms with E-state index in [0.29, 0.717) is 11.8 Å². The number of anilines is 2. The zero-order valence-electron chi connectivity index (χ0n) is 12.4. The van der Waals surface area contributed by atoms with Crippen molar-refractivity contribution in [3.63, 3.8) is 0 Å². The second-order valence-corrected chi connectivity index (χ2v) is 4.61. The highest BCUT2D eigenvalue weighted by Crippen LogP contribution is 2.43. The average Bonchev–Trinajstić information content (AvgIpc) is 2.54. The van der Waals surface area contributed by atoms with Crippen LogP contribution in [0.4, 0.5) is 36.1 Å². The molecule has 0 amide bonds. The zero-order valence-corrected chi connectivity index (χ0v) is 12.4. The molecule has 1 aromatic carbocycles. The highest BCUT2D eigenvalue weighted by Gasteiger charge is 2.39. The Balaban J connectivity index is 2.63. The van der Waals surface area contributed by atoms with Gasteiger partial charge < -0.3 is 10.1 Å². The van der Waals surface area contributed by atoms with Crippen molar-refractivity contribution < 1.29 is 27.8 Å². The number of methoxy groups -OCH3 is 1. The van der Waals surface area contributed by atoms with E-state index in [1.54, 1.807) is 0 Å². The number of aromatic nitrogens is 1. The predicted octanol–water partition coefficient (Wildman–Crippen LogP) is 3.67. The number of hydrogen-bond donors (Lipinski definition) is 1. The number of ether oxygens (including phenoxy) is 1. The average molecular weight is 358 g/mol. The molecule has 2 aromatic rings. The van der Waals surface area contributed by atoms with Gasteiger partial charge in [-0.15, -0.1) is 0 Å². The Kier molecular flexibility index (Phi) is 4.72. The molecule has 9 nitrogen and oxygen atoms in total. The molecule has 1 heterocycles. The van der Waals surface area contributed by atoms with Crippen molar-refractivity contribution in [2.24, 2.45) is 0 Å². The minimum absolute atomic E-state index is 0.136. The van der Waals surface area contributed by atoms with Crippen molar-refractivity contribution in [3.8, 4) is 5.75 Å². The predicted molar refractivity (Wildman–Crippen MR) is 78.8 cm³/mol. The summed E-state index contributed by atoms with van der Waals surface area (Å²) in [7, 11) is 1.35. The molecule has 0 aliphatic heterocycles. The van der Waals surface area contributed by atoms with E-state index in [1.807, 2.05) is 0 Å². The summed E-state index contributed by atoms with van der Waals surface area (Å²) in [6.45, 7) is 0. The summed E-state index contributed by atoms with van der Waals surface area (Å²) in [4.78, 5) is 23.3. The minimum atomic E-state index is -5.06. The molecule has 0 fully saturated rings. The first-order chi connectivity index (χ1) is 11.6. The maximum atomic E-state index is 13.2. The van der Waals surface area contributed by atoms with Crippen LogP contribution in [0.1, 0.15) is 5.56 Å². The van der Waals surface area contributed by atoms with Crippen LogP contribution < -0.4 is 10.1 Å². The second-order valence-electron chi connectivity index (χ2n) is 4.61. The van der Waals surface area contributed by atoms with Gasteiger partial charge in [-0.25, -0.2) is 4.98 Å². The number of hydrogen-bond acceptors (Lipinski definition) is 7. The molecule has 0 atom stereocenters. The van der Waals surface area contributed by atoms with Crippen LogP contribution in [0, 0.1) is 20.2 Å². The highest BCUT2D eigenvalue weighted by atomic mass is 19.4. The fourth-order valence-corrected chi connectivity index (χ4v) is 1.92. The lowest BCUT2D eigenvalue weighted by Crippen LogP contribution is -2.12. The first kappa shape index (κ1) is 17.9. The van der Waals surface area contributed by atoms with Crippen LogP contribution in [0.25, 0.3) is 0 Å². The molecule has 12 heteroatoms. The number of halogens is 3. The smallest absolute Gasteiger partial charge is 0.418 e. The standard InChI is InChI=1S/C13H9F3N4O5/c1-25-8-2-3-11(17-6-8)18-12-9(13(14,15)16)4-7(19(21)22)5-10(12)20(23)24/h2-6H,1H3,(H,17,18). The number of nitrogens with one attached hydrogen (secondary N) is 1. The SMILES string of the molecule is COc1ccc(Nc2c([N+](=O)[O-])cc([N+](=O)[O-])cc2C(F)(F)F)nc1. The van der Waals surface area contributed by atoms with Crippen LogP contribution in [0.2, 0.25) is 0 Å². The molecule has 132 valence electrons. The van der Waals surface area contributed by atoms with Gasteiger partial charge in [-0.1, -0.05) is 0 Å². The molecule has 0 saturated carbocycles. The van der Waals surface area contributed by atoms with E-state index in [4.69, 9.17) is 4.74 Å². The van der Waals surface area contributed by atoms with Crippen LogP contribution in [0.15, 0.2) is 30.5 Å². The fraction of sp³-hybridized carbons (Fsp3) is 0.154. The number of benzene rings is 1. The maximum absolute atomic E-state index is 13.2. The Morgan fingerprint density at radius 1 is 1.16 bits per heavy atom. The summed E-state index contributed by atoms with van der Waals surface area (Å²) in [5, 5.41) is 24.1. The van der Waals surface area contributed by atoms with E-state index in [0.717, 1.165) is 0 Å². The van der Waals surface area contributed by atoms with E-state index in [1.165, 1.54) is 25.4 Å². The lowest BCUT2D eigenvalue weighted by molar-refractivity contribution is -0.394. The molecule has 1 aromatic heterocycles. The second kappa shape index (κ2) is 6.59. The molecule has 0 saturated heterocycles. The first-order valence-electron chi connectivity index (χ1n) is 6.44. The van der Waals surface area contributed by atoms with Gasteiger partial charge in [0.25, 0.3) is 11.4 Å². The van der Waals surface area contributed by atoms with Crippen LogP contribution in [-0.2, 0) is 6.18 Å². The van der Waals surface area contributed by atoms with E-state index in [-0.39, 0.29) is 11.9 Å². The third kappa shape index (κ3) is 3.91. The molecule has 25 heavy (non-hydrogen) atoms. The summed E-state index contributed by atoms with van der Waals surface area (Å²) in [6.07, 6.45) is -3.88. The van der Waals surface area contributed by atoms with Gasteiger partial charge in [-0.3, -0.25) is 20.2 Å². The number of nitrogens with zero attached hydrogens (tertiary/aromatic N) is 3. The number of pyridine rings is 1. The van der Waals surface area contributed by atoms with Gasteiger partial charge in [0.05, 0.1) is 34.8 Å². The van der Waals surface area contributed by atoms with Crippen molar-refractivity contribution >= 4 is 22.9 Å². The van der Waals surface area contributed by atoms with Crippen LogP contribution in [0.3, 0.4) is 0 Å². The van der Waals surface area contributed by atoms with Gasteiger partial charge in [-0.05, 0) is 12.1 Å². The minimum Gasteiger partial charge on any atom is -0.495 e. The first-order valence-corrected chi connectivity index (χ1v) is 6.44. The highest BCUT2D eigenvalue weighted by molar-refractivity contribution is 5.75. The molecule has 0 bridgehead atoms. The Labute approximate surface area is 137 Å². The normalized spacial score (nSPS) is 11.0. The van der Waals surface area contributed by atoms with E-state index >= 15 is 0 Å². The third-order valence-electron chi connectivity index (χ3n) is 3.04. The number of rotatable bonds is 5. The van der Waals surface area contributed by atoms with Gasteiger partial charge in [0.15, 0.2) is 0 Å². The van der Waals surface area contributed by atoms with Crippen molar-refractivity contribution in [1.29, 1.82) is 0 Å². The van der Waals surface area contributed by atoms with Gasteiger partial charge in [0.1, 0.15) is 17.3 Å². The fourth-order valence-electron chi connectivity index (χ4n) is 1.92. The van der Waals surface area contributed by atoms with Crippen molar-refractivity contribution in [3.05, 3.63) is 56.3 Å². The van der Waals surface area contributed by atoms with Crippen LogP contribution in [0.5, 0.6) is 5.75 Å². The number of non-ortho nitro benzene ring substituents is 1. The zero-order chi connectivity index (χ0) is 18.8. The summed E-state index contributed by atoms with van der Waals surface area (Å²) < 4.78 is 44.5. The molecular weight excluding hydrogens is 349 g/mol. The number of nitro benzene ring substituents is 2. The van der Waals surface area contributed by atoms with Crippen molar-refractivity contribution in [1.82, 2.24) is 4.98 Å². The van der Waals surface area contributed by atoms with Gasteiger partial charge >= 0.3 is 6.18 Å². The Morgan fingerprint density at radius 3 is 2.28 bits per heavy atom. The summed E-state index contributed by atoms with van der Waals surface area (Å²) in [6, 6.07) is 3.28. The van der Waals surface area contributed by atoms with Crippen LogP contribution >= 0.6 is 0 Å². The largest absolute Gasteiger partial charge is 0.495 e. The van der Waals surface area contributed by atoms with Gasteiger partial charge in [0, 0.05) is 6.07 Å². The maximum Gasteiger partial charge on any atom is 0.418 e. The van der Waals surface area contributed by atoms with E-state index in [9.17, 15) is 33.4 Å². The molecule has 0 aliphatic rings. The number of alkyl halides is 3. The Hall–Kier alpha value is -3.44. The Bertz CT molecular complexity index is 824. The number of nitro groups is 2. The van der Waals surface area contributed by atoms with Crippen molar-refractivity contribution in [2.45, 2.75) is 6.18 Å². The lowest BCUT2D eigenvalue weighted by atomic mass is 10.1. The summed E-state index contributed by atoms with van der Waals surface area (Å²) in [5.74, 6) is 0.183. The van der Waals surface area contributed by atoms with Crippen LogP contribution in [-0.4, -0.2) is 21.9 Å². The van der Waals surface area contributed by atoms with Gasteiger partial charge in [0.2, 0.25) is 0 Å². The molecule has 1 N–H and O–H groups in total. The molecule has 2 rings (SSSR count). The Morgan fingerprint density at radius 2 is 1.84 bits per heavy atom. The monoisotopic (exact) mass is 358 g/mol. The van der Waals surface area contributed by atoms with E-state index in [2.05, 4.69) is 10.3 Å². The molecular formula is C13H9F3N4O5. The topological polar surface area (TPSA) is 120 Å². The van der Waals surface area contributed by atoms with Crippen molar-refractivity contribution in [2.75, 3.05) is 12.4 Å². The lowest BCUT2D eigenvalue weighted by Gasteiger charge is -2.14. The van der Waals surface area contributed by atoms with Gasteiger partial charge in [-0.2, -0.15) is 13.2 Å².